The number of benzene rings is 1. The van der Waals surface area contributed by atoms with Crippen LogP contribution in [0.15, 0.2) is 24.3 Å². The molecule has 1 fully saturated rings. The maximum atomic E-state index is 12.1. The molecule has 0 aromatic heterocycles. The van der Waals surface area contributed by atoms with E-state index in [0.717, 1.165) is 12.8 Å². The molecule has 0 radical (unpaired) electrons. The molecule has 0 saturated carbocycles. The highest BCUT2D eigenvalue weighted by Crippen LogP contribution is 2.18. The summed E-state index contributed by atoms with van der Waals surface area (Å²) >= 11 is 0. The van der Waals surface area contributed by atoms with E-state index in [1.165, 1.54) is 0 Å². The summed E-state index contributed by atoms with van der Waals surface area (Å²) in [7, 11) is 0. The van der Waals surface area contributed by atoms with Gasteiger partial charge in [-0.25, -0.2) is 9.59 Å². The van der Waals surface area contributed by atoms with Crippen molar-refractivity contribution in [1.29, 1.82) is 0 Å². The first kappa shape index (κ1) is 16.3. The number of anilines is 1. The van der Waals surface area contributed by atoms with E-state index in [1.807, 2.05) is 0 Å². The molecule has 2 amide bonds. The zero-order valence-corrected chi connectivity index (χ0v) is 12.7. The van der Waals surface area contributed by atoms with E-state index in [2.05, 4.69) is 5.32 Å². The molecular formula is C16H22N2O4. The van der Waals surface area contributed by atoms with Gasteiger partial charge in [0.1, 0.15) is 0 Å². The first-order valence-electron chi connectivity index (χ1n) is 7.58. The molecule has 1 saturated heterocycles. The third-order valence-electron chi connectivity index (χ3n) is 3.81. The lowest BCUT2D eigenvalue weighted by Crippen LogP contribution is -2.41. The van der Waals surface area contributed by atoms with Crippen LogP contribution in [0.4, 0.5) is 10.5 Å². The van der Waals surface area contributed by atoms with E-state index in [9.17, 15) is 9.59 Å². The summed E-state index contributed by atoms with van der Waals surface area (Å²) in [6, 6.07) is 6.48. The number of carbonyl (C=O) groups is 2. The van der Waals surface area contributed by atoms with E-state index in [0.29, 0.717) is 36.9 Å². The average molecular weight is 306 g/mol. The minimum absolute atomic E-state index is 0.153. The fourth-order valence-electron chi connectivity index (χ4n) is 2.43. The van der Waals surface area contributed by atoms with Gasteiger partial charge in [-0.05, 0) is 49.9 Å². The van der Waals surface area contributed by atoms with Crippen LogP contribution in [0.1, 0.15) is 30.1 Å². The van der Waals surface area contributed by atoms with E-state index >= 15 is 0 Å². The van der Waals surface area contributed by atoms with Gasteiger partial charge in [0, 0.05) is 25.4 Å². The Morgan fingerprint density at radius 1 is 1.27 bits per heavy atom. The number of rotatable bonds is 4. The van der Waals surface area contributed by atoms with E-state index in [1.54, 1.807) is 36.1 Å². The Balaban J connectivity index is 1.88. The molecule has 0 aliphatic carbocycles. The fourth-order valence-corrected chi connectivity index (χ4v) is 2.43. The van der Waals surface area contributed by atoms with E-state index in [-0.39, 0.29) is 18.6 Å². The molecule has 0 unspecified atom stereocenters. The van der Waals surface area contributed by atoms with Crippen molar-refractivity contribution in [2.45, 2.75) is 19.8 Å². The van der Waals surface area contributed by atoms with Crippen LogP contribution in [0.2, 0.25) is 0 Å². The average Bonchev–Trinajstić information content (AvgIpc) is 2.55. The Kier molecular flexibility index (Phi) is 5.77. The largest absolute Gasteiger partial charge is 0.462 e. The molecule has 1 aliphatic heterocycles. The zero-order valence-electron chi connectivity index (χ0n) is 12.7. The SMILES string of the molecule is CCOC(=O)c1ccc(NC(=O)N2CCC(CO)CC2)cc1. The number of nitrogens with zero attached hydrogens (tertiary/aromatic N) is 1. The predicted molar refractivity (Wildman–Crippen MR) is 82.8 cm³/mol. The van der Waals surface area contributed by atoms with Crippen LogP contribution in [-0.4, -0.2) is 48.3 Å². The van der Waals surface area contributed by atoms with Crippen molar-refractivity contribution in [1.82, 2.24) is 4.90 Å². The molecule has 2 N–H and O–H groups in total. The quantitative estimate of drug-likeness (QED) is 0.835. The molecule has 6 nitrogen and oxygen atoms in total. The van der Waals surface area contributed by atoms with Crippen molar-refractivity contribution in [2.24, 2.45) is 5.92 Å². The summed E-state index contributed by atoms with van der Waals surface area (Å²) in [5, 5.41) is 11.9. The van der Waals surface area contributed by atoms with Crippen molar-refractivity contribution in [3.8, 4) is 0 Å². The van der Waals surface area contributed by atoms with Gasteiger partial charge >= 0.3 is 12.0 Å². The van der Waals surface area contributed by atoms with Gasteiger partial charge in [-0.3, -0.25) is 0 Å². The van der Waals surface area contributed by atoms with E-state index < -0.39 is 0 Å². The lowest BCUT2D eigenvalue weighted by Gasteiger charge is -2.31. The Bertz CT molecular complexity index is 507. The first-order chi connectivity index (χ1) is 10.6. The minimum Gasteiger partial charge on any atom is -0.462 e. The summed E-state index contributed by atoms with van der Waals surface area (Å²) in [5.41, 5.74) is 1.10. The molecule has 6 heteroatoms. The highest BCUT2D eigenvalue weighted by molar-refractivity contribution is 5.92. The molecule has 2 rings (SSSR count). The lowest BCUT2D eigenvalue weighted by atomic mass is 9.98. The number of esters is 1. The number of aliphatic hydroxyl groups excluding tert-OH is 1. The number of hydrogen-bond donors (Lipinski definition) is 2. The maximum absolute atomic E-state index is 12.1. The second kappa shape index (κ2) is 7.79. The third kappa shape index (κ3) is 4.21. The number of ether oxygens (including phenoxy) is 1. The Labute approximate surface area is 130 Å². The van der Waals surface area contributed by atoms with Crippen LogP contribution in [-0.2, 0) is 4.74 Å². The van der Waals surface area contributed by atoms with Crippen molar-refractivity contribution < 1.29 is 19.4 Å². The minimum atomic E-state index is -0.369. The molecule has 1 aromatic rings. The van der Waals surface area contributed by atoms with Gasteiger partial charge in [0.2, 0.25) is 0 Å². The molecule has 1 heterocycles. The predicted octanol–water partition coefficient (Wildman–Crippen LogP) is 2.10. The molecule has 22 heavy (non-hydrogen) atoms. The lowest BCUT2D eigenvalue weighted by molar-refractivity contribution is 0.0526. The highest BCUT2D eigenvalue weighted by Gasteiger charge is 2.22. The topological polar surface area (TPSA) is 78.9 Å². The molecule has 120 valence electrons. The zero-order chi connectivity index (χ0) is 15.9. The van der Waals surface area contributed by atoms with Crippen LogP contribution in [0.25, 0.3) is 0 Å². The van der Waals surface area contributed by atoms with Gasteiger partial charge in [0.15, 0.2) is 0 Å². The van der Waals surface area contributed by atoms with Crippen molar-refractivity contribution in [2.75, 3.05) is 31.6 Å². The molecule has 0 bridgehead atoms. The summed E-state index contributed by atoms with van der Waals surface area (Å²) in [4.78, 5) is 25.4. The normalized spacial score (nSPS) is 15.5. The van der Waals surface area contributed by atoms with Crippen LogP contribution in [0.5, 0.6) is 0 Å². The third-order valence-corrected chi connectivity index (χ3v) is 3.81. The van der Waals surface area contributed by atoms with Crippen molar-refractivity contribution in [3.63, 3.8) is 0 Å². The number of nitrogens with one attached hydrogen (secondary N) is 1. The number of piperidine rings is 1. The summed E-state index contributed by atoms with van der Waals surface area (Å²) in [6.45, 7) is 3.58. The molecule has 0 atom stereocenters. The van der Waals surface area contributed by atoms with Crippen LogP contribution in [0.3, 0.4) is 0 Å². The Morgan fingerprint density at radius 3 is 2.45 bits per heavy atom. The molecule has 1 aromatic carbocycles. The monoisotopic (exact) mass is 306 g/mol. The standard InChI is InChI=1S/C16H22N2O4/c1-2-22-15(20)13-3-5-14(6-4-13)17-16(21)18-9-7-12(11-19)8-10-18/h3-6,12,19H,2,7-11H2,1H3,(H,17,21). The number of hydrogen-bond acceptors (Lipinski definition) is 4. The second-order valence-corrected chi connectivity index (χ2v) is 5.34. The number of urea groups is 1. The van der Waals surface area contributed by atoms with Crippen LogP contribution >= 0.6 is 0 Å². The van der Waals surface area contributed by atoms with E-state index in [4.69, 9.17) is 9.84 Å². The highest BCUT2D eigenvalue weighted by atomic mass is 16.5. The maximum Gasteiger partial charge on any atom is 0.338 e. The first-order valence-corrected chi connectivity index (χ1v) is 7.58. The number of likely N-dealkylation sites (tertiary alicyclic amines) is 1. The van der Waals surface area contributed by atoms with Crippen LogP contribution in [0, 0.1) is 5.92 Å². The molecule has 1 aliphatic rings. The second-order valence-electron chi connectivity index (χ2n) is 5.34. The summed E-state index contributed by atoms with van der Waals surface area (Å²) in [5.74, 6) is -0.0700. The van der Waals surface area contributed by atoms with Crippen LogP contribution < -0.4 is 5.32 Å². The molecule has 0 spiro atoms. The van der Waals surface area contributed by atoms with Gasteiger partial charge in [0.05, 0.1) is 12.2 Å². The van der Waals surface area contributed by atoms with Crippen molar-refractivity contribution in [3.05, 3.63) is 29.8 Å². The number of aliphatic hydroxyl groups is 1. The van der Waals surface area contributed by atoms with Gasteiger partial charge < -0.3 is 20.1 Å². The number of amides is 2. The summed E-state index contributed by atoms with van der Waals surface area (Å²) in [6.07, 6.45) is 1.65. The Morgan fingerprint density at radius 2 is 1.91 bits per heavy atom. The fraction of sp³-hybridized carbons (Fsp3) is 0.500. The molecular weight excluding hydrogens is 284 g/mol. The van der Waals surface area contributed by atoms with Gasteiger partial charge in [-0.1, -0.05) is 0 Å². The number of carbonyl (C=O) groups excluding carboxylic acids is 2. The summed E-state index contributed by atoms with van der Waals surface area (Å²) < 4.78 is 4.91. The van der Waals surface area contributed by atoms with Gasteiger partial charge in [-0.2, -0.15) is 0 Å². The Hall–Kier alpha value is -2.08. The van der Waals surface area contributed by atoms with Gasteiger partial charge in [-0.15, -0.1) is 0 Å². The van der Waals surface area contributed by atoms with Crippen molar-refractivity contribution >= 4 is 17.7 Å². The van der Waals surface area contributed by atoms with Gasteiger partial charge in [0.25, 0.3) is 0 Å². The smallest absolute Gasteiger partial charge is 0.338 e.